The molecule has 1 heteroatoms. The third-order valence-electron chi connectivity index (χ3n) is 4.51. The third kappa shape index (κ3) is 6.17. The van der Waals surface area contributed by atoms with Gasteiger partial charge in [0.15, 0.2) is 0 Å². The molecule has 126 valence electrons. The highest BCUT2D eigenvalue weighted by Gasteiger charge is 2.22. The lowest BCUT2D eigenvalue weighted by Crippen LogP contribution is -2.22. The molecule has 1 aromatic carbocycles. The molecule has 0 unspecified atom stereocenters. The molecular weight excluding hydrogens is 280 g/mol. The molecule has 0 N–H and O–H groups in total. The van der Waals surface area contributed by atoms with Gasteiger partial charge in [-0.25, -0.2) is 0 Å². The molecule has 0 heterocycles. The molecule has 0 aliphatic carbocycles. The van der Waals surface area contributed by atoms with E-state index in [1.54, 1.807) is 0 Å². The molecular formula is C22H32O. The zero-order valence-corrected chi connectivity index (χ0v) is 15.6. The van der Waals surface area contributed by atoms with Crippen LogP contribution in [0.4, 0.5) is 0 Å². The number of hydrogen-bond donors (Lipinski definition) is 0. The van der Waals surface area contributed by atoms with Crippen LogP contribution in [-0.4, -0.2) is 5.78 Å². The smallest absolute Gasteiger partial charge is 0.140 e. The van der Waals surface area contributed by atoms with Crippen molar-refractivity contribution in [2.45, 2.75) is 60.8 Å². The predicted octanol–water partition coefficient (Wildman–Crippen LogP) is 6.16. The molecule has 0 aromatic heterocycles. The first-order valence-corrected chi connectivity index (χ1v) is 8.79. The maximum absolute atomic E-state index is 12.8. The minimum Gasteiger partial charge on any atom is -0.299 e. The number of benzene rings is 1. The van der Waals surface area contributed by atoms with Crippen LogP contribution in [0.1, 0.15) is 64.2 Å². The number of carbonyl (C=O) groups excluding carboxylic acids is 1. The van der Waals surface area contributed by atoms with Crippen molar-refractivity contribution < 1.29 is 4.79 Å². The molecule has 0 radical (unpaired) electrons. The van der Waals surface area contributed by atoms with E-state index in [1.807, 2.05) is 6.92 Å². The van der Waals surface area contributed by atoms with Crippen LogP contribution in [0.15, 0.2) is 35.9 Å². The summed E-state index contributed by atoms with van der Waals surface area (Å²) in [4.78, 5) is 12.8. The van der Waals surface area contributed by atoms with Gasteiger partial charge in [0.1, 0.15) is 5.78 Å². The first-order valence-electron chi connectivity index (χ1n) is 8.79. The van der Waals surface area contributed by atoms with Gasteiger partial charge in [-0.2, -0.15) is 0 Å². The lowest BCUT2D eigenvalue weighted by Gasteiger charge is -2.20. The van der Waals surface area contributed by atoms with Crippen LogP contribution in [0.3, 0.4) is 0 Å². The average molecular weight is 312 g/mol. The van der Waals surface area contributed by atoms with Gasteiger partial charge in [-0.05, 0) is 56.2 Å². The highest BCUT2D eigenvalue weighted by atomic mass is 16.1. The Morgan fingerprint density at radius 3 is 2.52 bits per heavy atom. The molecule has 0 saturated carbocycles. The van der Waals surface area contributed by atoms with Gasteiger partial charge in [0, 0.05) is 12.3 Å². The van der Waals surface area contributed by atoms with Crippen LogP contribution in [0.25, 0.3) is 6.08 Å². The van der Waals surface area contributed by atoms with Gasteiger partial charge < -0.3 is 0 Å². The largest absolute Gasteiger partial charge is 0.299 e. The molecule has 23 heavy (non-hydrogen) atoms. The van der Waals surface area contributed by atoms with Crippen LogP contribution < -0.4 is 0 Å². The minimum absolute atomic E-state index is 0.113. The van der Waals surface area contributed by atoms with E-state index in [-0.39, 0.29) is 5.92 Å². The molecule has 0 bridgehead atoms. The summed E-state index contributed by atoms with van der Waals surface area (Å²) in [5, 5.41) is 0. The van der Waals surface area contributed by atoms with Gasteiger partial charge >= 0.3 is 0 Å². The van der Waals surface area contributed by atoms with E-state index in [9.17, 15) is 4.79 Å². The van der Waals surface area contributed by atoms with Gasteiger partial charge in [-0.15, -0.1) is 0 Å². The summed E-state index contributed by atoms with van der Waals surface area (Å²) >= 11 is 0. The number of allylic oxidation sites excluding steroid dienone is 3. The second-order valence-corrected chi connectivity index (χ2v) is 6.83. The number of Topliss-reactive ketones (excluding diaryl/α,β-unsaturated/α-hetero) is 1. The summed E-state index contributed by atoms with van der Waals surface area (Å²) in [6.07, 6.45) is 8.88. The van der Waals surface area contributed by atoms with Crippen molar-refractivity contribution in [2.75, 3.05) is 0 Å². The Morgan fingerprint density at radius 1 is 1.26 bits per heavy atom. The molecule has 0 amide bonds. The highest BCUT2D eigenvalue weighted by molar-refractivity contribution is 5.84. The normalized spacial score (nSPS) is 13.8. The van der Waals surface area contributed by atoms with E-state index in [2.05, 4.69) is 71.0 Å². The molecule has 1 aromatic rings. The summed E-state index contributed by atoms with van der Waals surface area (Å²) in [6.45, 7) is 12.7. The third-order valence-corrected chi connectivity index (χ3v) is 4.51. The Labute approximate surface area is 142 Å². The van der Waals surface area contributed by atoms with Gasteiger partial charge in [-0.3, -0.25) is 4.79 Å². The summed E-state index contributed by atoms with van der Waals surface area (Å²) in [6, 6.07) is 6.38. The van der Waals surface area contributed by atoms with Crippen LogP contribution in [-0.2, 0) is 11.2 Å². The predicted molar refractivity (Wildman–Crippen MR) is 102 cm³/mol. The number of hydrogen-bond acceptors (Lipinski definition) is 1. The number of carbonyl (C=O) groups is 1. The van der Waals surface area contributed by atoms with Crippen LogP contribution in [0.2, 0.25) is 0 Å². The lowest BCUT2D eigenvalue weighted by molar-refractivity contribution is -0.123. The monoisotopic (exact) mass is 312 g/mol. The minimum atomic E-state index is 0.113. The maximum atomic E-state index is 12.8. The molecule has 1 rings (SSSR count). The zero-order valence-electron chi connectivity index (χ0n) is 15.6. The van der Waals surface area contributed by atoms with Crippen molar-refractivity contribution in [3.8, 4) is 0 Å². The second-order valence-electron chi connectivity index (χ2n) is 6.83. The van der Waals surface area contributed by atoms with E-state index in [1.165, 1.54) is 16.7 Å². The fraction of sp³-hybridized carbons (Fsp3) is 0.500. The van der Waals surface area contributed by atoms with Gasteiger partial charge in [0.25, 0.3) is 0 Å². The average Bonchev–Trinajstić information content (AvgIpc) is 2.52. The topological polar surface area (TPSA) is 17.1 Å². The van der Waals surface area contributed by atoms with E-state index >= 15 is 0 Å². The Bertz CT molecular complexity index is 576. The SMILES string of the molecule is C/C=C(/C)C[C@H](C(=O)Cc1ccc(C)c(/C=C\CC)c1)C(C)C. The zero-order chi connectivity index (χ0) is 17.4. The quantitative estimate of drug-likeness (QED) is 0.525. The van der Waals surface area contributed by atoms with Crippen molar-refractivity contribution in [1.82, 2.24) is 0 Å². The van der Waals surface area contributed by atoms with Crippen molar-refractivity contribution in [3.63, 3.8) is 0 Å². The molecule has 0 saturated heterocycles. The number of ketones is 1. The molecule has 1 nitrogen and oxygen atoms in total. The summed E-state index contributed by atoms with van der Waals surface area (Å²) in [5.41, 5.74) is 4.91. The van der Waals surface area contributed by atoms with E-state index in [0.29, 0.717) is 18.1 Å². The molecule has 0 aliphatic heterocycles. The molecule has 1 atom stereocenters. The summed E-state index contributed by atoms with van der Waals surface area (Å²) < 4.78 is 0. The maximum Gasteiger partial charge on any atom is 0.140 e. The second kappa shape index (κ2) is 9.50. The van der Waals surface area contributed by atoms with Crippen molar-refractivity contribution >= 4 is 11.9 Å². The van der Waals surface area contributed by atoms with E-state index < -0.39 is 0 Å². The number of rotatable bonds is 8. The van der Waals surface area contributed by atoms with Crippen LogP contribution in [0.5, 0.6) is 0 Å². The van der Waals surface area contributed by atoms with Crippen molar-refractivity contribution in [1.29, 1.82) is 0 Å². The Balaban J connectivity index is 2.92. The van der Waals surface area contributed by atoms with Crippen LogP contribution >= 0.6 is 0 Å². The van der Waals surface area contributed by atoms with Crippen LogP contribution in [0, 0.1) is 18.8 Å². The standard InChI is InChI=1S/C22H32O/c1-7-9-10-20-14-19(12-11-18(20)6)15-22(23)21(16(3)4)13-17(5)8-2/h8-12,14,16,21H,7,13,15H2,1-6H3/b10-9-,17-8-/t21-/m0/s1. The fourth-order valence-corrected chi connectivity index (χ4v) is 2.74. The lowest BCUT2D eigenvalue weighted by atomic mass is 9.83. The van der Waals surface area contributed by atoms with E-state index in [4.69, 9.17) is 0 Å². The Kier molecular flexibility index (Phi) is 8.02. The molecule has 0 aliphatic rings. The summed E-state index contributed by atoms with van der Waals surface area (Å²) in [7, 11) is 0. The molecule has 0 fully saturated rings. The Hall–Kier alpha value is -1.63. The summed E-state index contributed by atoms with van der Waals surface area (Å²) in [5.74, 6) is 0.847. The Morgan fingerprint density at radius 2 is 1.96 bits per heavy atom. The van der Waals surface area contributed by atoms with Crippen molar-refractivity contribution in [3.05, 3.63) is 52.6 Å². The highest BCUT2D eigenvalue weighted by Crippen LogP contribution is 2.23. The van der Waals surface area contributed by atoms with Gasteiger partial charge in [0.05, 0.1) is 0 Å². The van der Waals surface area contributed by atoms with E-state index in [0.717, 1.165) is 18.4 Å². The fourth-order valence-electron chi connectivity index (χ4n) is 2.74. The van der Waals surface area contributed by atoms with Crippen molar-refractivity contribution in [2.24, 2.45) is 11.8 Å². The van der Waals surface area contributed by atoms with Gasteiger partial charge in [0.2, 0.25) is 0 Å². The first kappa shape index (κ1) is 19.4. The first-order chi connectivity index (χ1) is 10.9. The number of aryl methyl sites for hydroxylation is 1. The molecule has 0 spiro atoms. The van der Waals surface area contributed by atoms with Gasteiger partial charge in [-0.1, -0.05) is 62.8 Å².